The maximum atomic E-state index is 10.2. The zero-order valence-corrected chi connectivity index (χ0v) is 13.5. The number of aryl methyl sites for hydroxylation is 2. The summed E-state index contributed by atoms with van der Waals surface area (Å²) in [6.45, 7) is 6.23. The molecule has 0 amide bonds. The minimum Gasteiger partial charge on any atom is -0.388 e. The van der Waals surface area contributed by atoms with E-state index >= 15 is 0 Å². The molecule has 1 atom stereocenters. The van der Waals surface area contributed by atoms with Crippen LogP contribution < -0.4 is 0 Å². The Morgan fingerprint density at radius 1 is 0.900 bits per heavy atom. The van der Waals surface area contributed by atoms with Crippen molar-refractivity contribution in [3.8, 4) is 0 Å². The van der Waals surface area contributed by atoms with Crippen molar-refractivity contribution in [3.63, 3.8) is 0 Å². The molecule has 0 radical (unpaired) electrons. The van der Waals surface area contributed by atoms with Gasteiger partial charge in [0, 0.05) is 11.4 Å². The van der Waals surface area contributed by atoms with E-state index in [2.05, 4.69) is 11.9 Å². The summed E-state index contributed by atoms with van der Waals surface area (Å²) in [7, 11) is 0. The van der Waals surface area contributed by atoms with Crippen LogP contribution in [0.1, 0.15) is 87.8 Å². The molecule has 114 valence electrons. The lowest BCUT2D eigenvalue weighted by Gasteiger charge is -2.12. The first-order valence-corrected chi connectivity index (χ1v) is 8.26. The van der Waals surface area contributed by atoms with E-state index in [1.807, 2.05) is 26.0 Å². The molecule has 2 heteroatoms. The largest absolute Gasteiger partial charge is 0.388 e. The van der Waals surface area contributed by atoms with Crippen LogP contribution >= 0.6 is 0 Å². The molecule has 1 heterocycles. The van der Waals surface area contributed by atoms with E-state index in [-0.39, 0.29) is 6.10 Å². The van der Waals surface area contributed by atoms with Crippen molar-refractivity contribution < 1.29 is 5.11 Å². The average Bonchev–Trinajstić information content (AvgIpc) is 2.40. The van der Waals surface area contributed by atoms with E-state index in [1.165, 1.54) is 44.9 Å². The molecule has 1 aromatic rings. The Bertz CT molecular complexity index is 355. The number of aliphatic hydroxyl groups is 1. The van der Waals surface area contributed by atoms with Gasteiger partial charge in [0.1, 0.15) is 0 Å². The fourth-order valence-corrected chi connectivity index (χ4v) is 2.70. The lowest BCUT2D eigenvalue weighted by Crippen LogP contribution is -2.00. The second kappa shape index (κ2) is 9.93. The maximum Gasteiger partial charge on any atom is 0.0791 e. The Balaban J connectivity index is 2.15. The van der Waals surface area contributed by atoms with Crippen LogP contribution in [-0.4, -0.2) is 10.1 Å². The van der Waals surface area contributed by atoms with Crippen molar-refractivity contribution in [1.82, 2.24) is 4.98 Å². The minimum atomic E-state index is -0.324. The zero-order chi connectivity index (χ0) is 14.8. The van der Waals surface area contributed by atoms with E-state index in [0.29, 0.717) is 0 Å². The second-order valence-corrected chi connectivity index (χ2v) is 5.96. The predicted molar refractivity (Wildman–Crippen MR) is 85.9 cm³/mol. The van der Waals surface area contributed by atoms with E-state index in [4.69, 9.17) is 0 Å². The molecule has 0 aliphatic rings. The number of rotatable bonds is 10. The summed E-state index contributed by atoms with van der Waals surface area (Å²) in [4.78, 5) is 4.35. The van der Waals surface area contributed by atoms with Crippen LogP contribution in [0.2, 0.25) is 0 Å². The van der Waals surface area contributed by atoms with Crippen LogP contribution in [-0.2, 0) is 0 Å². The molecular weight excluding hydrogens is 246 g/mol. The number of hydrogen-bond acceptors (Lipinski definition) is 2. The van der Waals surface area contributed by atoms with Crippen molar-refractivity contribution in [2.45, 2.75) is 84.7 Å². The number of hydrogen-bond donors (Lipinski definition) is 1. The van der Waals surface area contributed by atoms with Gasteiger partial charge in [-0.25, -0.2) is 0 Å². The van der Waals surface area contributed by atoms with Crippen molar-refractivity contribution in [3.05, 3.63) is 29.1 Å². The molecule has 1 aromatic heterocycles. The number of aromatic nitrogens is 1. The molecule has 0 bridgehead atoms. The van der Waals surface area contributed by atoms with Gasteiger partial charge in [-0.3, -0.25) is 4.98 Å². The molecule has 20 heavy (non-hydrogen) atoms. The quantitative estimate of drug-likeness (QED) is 0.591. The third-order valence-electron chi connectivity index (χ3n) is 3.82. The van der Waals surface area contributed by atoms with Gasteiger partial charge < -0.3 is 5.11 Å². The van der Waals surface area contributed by atoms with E-state index < -0.39 is 0 Å². The highest BCUT2D eigenvalue weighted by Crippen LogP contribution is 2.21. The van der Waals surface area contributed by atoms with Gasteiger partial charge in [0.25, 0.3) is 0 Å². The molecule has 0 aliphatic heterocycles. The second-order valence-electron chi connectivity index (χ2n) is 5.96. The first kappa shape index (κ1) is 17.2. The predicted octanol–water partition coefficient (Wildman–Crippen LogP) is 5.26. The highest BCUT2D eigenvalue weighted by atomic mass is 16.3. The molecule has 1 N–H and O–H groups in total. The smallest absolute Gasteiger partial charge is 0.0791 e. The molecule has 1 rings (SSSR count). The fourth-order valence-electron chi connectivity index (χ4n) is 2.70. The Labute approximate surface area is 124 Å². The van der Waals surface area contributed by atoms with Gasteiger partial charge in [0.05, 0.1) is 6.10 Å². The number of unbranched alkanes of at least 4 members (excludes halogenated alkanes) is 7. The van der Waals surface area contributed by atoms with Crippen molar-refractivity contribution in [2.24, 2.45) is 0 Å². The van der Waals surface area contributed by atoms with Crippen molar-refractivity contribution in [1.29, 1.82) is 0 Å². The van der Waals surface area contributed by atoms with Crippen LogP contribution in [0.5, 0.6) is 0 Å². The zero-order valence-electron chi connectivity index (χ0n) is 13.5. The summed E-state index contributed by atoms with van der Waals surface area (Å²) < 4.78 is 0. The van der Waals surface area contributed by atoms with Crippen LogP contribution in [0.3, 0.4) is 0 Å². The minimum absolute atomic E-state index is 0.324. The highest BCUT2D eigenvalue weighted by molar-refractivity contribution is 5.22. The fraction of sp³-hybridized carbons (Fsp3) is 0.722. The molecule has 0 spiro atoms. The third-order valence-corrected chi connectivity index (χ3v) is 3.82. The Kier molecular flexibility index (Phi) is 8.52. The summed E-state index contributed by atoms with van der Waals surface area (Å²) in [5.74, 6) is 0. The standard InChI is InChI=1S/C18H31NO/c1-4-5-6-7-8-9-10-11-12-18(20)17-13-15(2)19-16(3)14-17/h13-14,18,20H,4-12H2,1-3H3. The molecule has 0 fully saturated rings. The lowest BCUT2D eigenvalue weighted by atomic mass is 10.0. The number of pyridine rings is 1. The van der Waals surface area contributed by atoms with Gasteiger partial charge in [-0.05, 0) is 38.0 Å². The maximum absolute atomic E-state index is 10.2. The molecule has 0 aliphatic carbocycles. The first-order chi connectivity index (χ1) is 9.63. The molecule has 2 nitrogen and oxygen atoms in total. The molecule has 0 saturated heterocycles. The van der Waals surface area contributed by atoms with Gasteiger partial charge in [0.2, 0.25) is 0 Å². The number of nitrogens with zero attached hydrogens (tertiary/aromatic N) is 1. The monoisotopic (exact) mass is 277 g/mol. The Morgan fingerprint density at radius 3 is 1.95 bits per heavy atom. The summed E-state index contributed by atoms with van der Waals surface area (Å²) in [5, 5.41) is 10.2. The number of aliphatic hydroxyl groups excluding tert-OH is 1. The van der Waals surface area contributed by atoms with Gasteiger partial charge in [-0.2, -0.15) is 0 Å². The highest BCUT2D eigenvalue weighted by Gasteiger charge is 2.08. The average molecular weight is 277 g/mol. The van der Waals surface area contributed by atoms with E-state index in [1.54, 1.807) is 0 Å². The van der Waals surface area contributed by atoms with Crippen LogP contribution in [0.4, 0.5) is 0 Å². The van der Waals surface area contributed by atoms with Crippen molar-refractivity contribution >= 4 is 0 Å². The summed E-state index contributed by atoms with van der Waals surface area (Å²) >= 11 is 0. The Morgan fingerprint density at radius 2 is 1.40 bits per heavy atom. The van der Waals surface area contributed by atoms with E-state index in [0.717, 1.165) is 29.8 Å². The van der Waals surface area contributed by atoms with E-state index in [9.17, 15) is 5.11 Å². The molecular formula is C18H31NO. The van der Waals surface area contributed by atoms with Gasteiger partial charge in [0.15, 0.2) is 0 Å². The van der Waals surface area contributed by atoms with Crippen molar-refractivity contribution in [2.75, 3.05) is 0 Å². The third kappa shape index (κ3) is 7.04. The van der Waals surface area contributed by atoms with Gasteiger partial charge in [-0.15, -0.1) is 0 Å². The SMILES string of the molecule is CCCCCCCCCCC(O)c1cc(C)nc(C)c1. The topological polar surface area (TPSA) is 33.1 Å². The summed E-state index contributed by atoms with van der Waals surface area (Å²) in [5.41, 5.74) is 3.02. The summed E-state index contributed by atoms with van der Waals surface area (Å²) in [6, 6.07) is 4.00. The van der Waals surface area contributed by atoms with Crippen LogP contribution in [0, 0.1) is 13.8 Å². The summed E-state index contributed by atoms with van der Waals surface area (Å²) in [6.07, 6.45) is 11.0. The Hall–Kier alpha value is -0.890. The normalized spacial score (nSPS) is 12.6. The van der Waals surface area contributed by atoms with Crippen LogP contribution in [0.25, 0.3) is 0 Å². The molecule has 1 unspecified atom stereocenters. The lowest BCUT2D eigenvalue weighted by molar-refractivity contribution is 0.163. The molecule has 0 saturated carbocycles. The van der Waals surface area contributed by atoms with Crippen LogP contribution in [0.15, 0.2) is 12.1 Å². The van der Waals surface area contributed by atoms with Gasteiger partial charge in [-0.1, -0.05) is 58.3 Å². The molecule has 0 aromatic carbocycles. The van der Waals surface area contributed by atoms with Gasteiger partial charge >= 0.3 is 0 Å². The first-order valence-electron chi connectivity index (χ1n) is 8.26.